The van der Waals surface area contributed by atoms with Crippen LogP contribution in [0.5, 0.6) is 0 Å². The second kappa shape index (κ2) is 6.87. The lowest BCUT2D eigenvalue weighted by Gasteiger charge is -2.31. The van der Waals surface area contributed by atoms with Crippen LogP contribution in [0.2, 0.25) is 0 Å². The Balaban J connectivity index is 1.23. The van der Waals surface area contributed by atoms with Crippen LogP contribution in [0, 0.1) is 5.82 Å². The zero-order valence-corrected chi connectivity index (χ0v) is 15.3. The number of fused-ring (bicyclic) bond motifs is 2. The van der Waals surface area contributed by atoms with Gasteiger partial charge in [0.1, 0.15) is 11.3 Å². The van der Waals surface area contributed by atoms with Crippen molar-refractivity contribution in [2.75, 3.05) is 19.6 Å². The monoisotopic (exact) mass is 381 g/mol. The lowest BCUT2D eigenvalue weighted by atomic mass is 9.91. The quantitative estimate of drug-likeness (QED) is 0.544. The first-order valence-corrected chi connectivity index (χ1v) is 9.49. The summed E-state index contributed by atoms with van der Waals surface area (Å²) in [7, 11) is 0. The van der Waals surface area contributed by atoms with Crippen molar-refractivity contribution in [2.45, 2.75) is 25.3 Å². The Kier molecular flexibility index (Phi) is 4.20. The van der Waals surface area contributed by atoms with E-state index in [0.29, 0.717) is 23.6 Å². The Labute approximate surface area is 160 Å². The summed E-state index contributed by atoms with van der Waals surface area (Å²) in [6.07, 6.45) is 7.16. The molecular formula is C20H20FN5O2. The maximum absolute atomic E-state index is 13.3. The average molecular weight is 381 g/mol. The van der Waals surface area contributed by atoms with E-state index in [1.807, 2.05) is 6.20 Å². The number of benzene rings is 1. The Morgan fingerprint density at radius 2 is 2.00 bits per heavy atom. The van der Waals surface area contributed by atoms with Crippen LogP contribution in [0.15, 0.2) is 52.2 Å². The van der Waals surface area contributed by atoms with Gasteiger partial charge in [0.25, 0.3) is 5.56 Å². The molecule has 5 rings (SSSR count). The van der Waals surface area contributed by atoms with E-state index in [4.69, 9.17) is 4.52 Å². The number of halogens is 1. The first kappa shape index (κ1) is 17.1. The molecule has 0 amide bonds. The molecular weight excluding hydrogens is 361 g/mol. The van der Waals surface area contributed by atoms with Crippen LogP contribution in [0.3, 0.4) is 0 Å². The minimum Gasteiger partial charge on any atom is -0.356 e. The van der Waals surface area contributed by atoms with Gasteiger partial charge in [-0.15, -0.1) is 0 Å². The zero-order valence-electron chi connectivity index (χ0n) is 15.3. The van der Waals surface area contributed by atoms with Gasteiger partial charge in [-0.2, -0.15) is 5.10 Å². The molecule has 0 N–H and O–H groups in total. The molecule has 3 aromatic heterocycles. The van der Waals surface area contributed by atoms with Crippen LogP contribution in [0.4, 0.5) is 4.39 Å². The molecule has 0 saturated carbocycles. The van der Waals surface area contributed by atoms with Crippen molar-refractivity contribution in [2.24, 2.45) is 0 Å². The number of hydrogen-bond acceptors (Lipinski definition) is 5. The van der Waals surface area contributed by atoms with Crippen molar-refractivity contribution in [1.29, 1.82) is 0 Å². The lowest BCUT2D eigenvalue weighted by molar-refractivity contribution is 0.202. The highest BCUT2D eigenvalue weighted by molar-refractivity contribution is 5.79. The molecule has 144 valence electrons. The molecule has 1 saturated heterocycles. The lowest BCUT2D eigenvalue weighted by Crippen LogP contribution is -2.37. The van der Waals surface area contributed by atoms with Gasteiger partial charge in [-0.25, -0.2) is 8.91 Å². The van der Waals surface area contributed by atoms with Crippen molar-refractivity contribution in [3.8, 4) is 0 Å². The molecule has 28 heavy (non-hydrogen) atoms. The molecule has 0 atom stereocenters. The van der Waals surface area contributed by atoms with Crippen LogP contribution in [0.1, 0.15) is 24.5 Å². The summed E-state index contributed by atoms with van der Waals surface area (Å²) in [4.78, 5) is 14.8. The predicted molar refractivity (Wildman–Crippen MR) is 102 cm³/mol. The summed E-state index contributed by atoms with van der Waals surface area (Å²) < 4.78 is 22.0. The highest BCUT2D eigenvalue weighted by Gasteiger charge is 2.25. The third-order valence-electron chi connectivity index (χ3n) is 5.63. The molecule has 1 fully saturated rings. The fourth-order valence-corrected chi connectivity index (χ4v) is 4.04. The summed E-state index contributed by atoms with van der Waals surface area (Å²) in [5.74, 6) is 0.00297. The van der Waals surface area contributed by atoms with Crippen molar-refractivity contribution in [3.05, 3.63) is 64.7 Å². The van der Waals surface area contributed by atoms with Gasteiger partial charge in [0.15, 0.2) is 5.58 Å². The Morgan fingerprint density at radius 3 is 2.86 bits per heavy atom. The second-order valence-corrected chi connectivity index (χ2v) is 7.28. The van der Waals surface area contributed by atoms with E-state index in [-0.39, 0.29) is 11.4 Å². The van der Waals surface area contributed by atoms with Crippen LogP contribution in [-0.2, 0) is 6.54 Å². The van der Waals surface area contributed by atoms with Crippen LogP contribution < -0.4 is 5.56 Å². The van der Waals surface area contributed by atoms with Gasteiger partial charge < -0.3 is 14.0 Å². The number of aromatic nitrogens is 4. The Hall–Kier alpha value is -3.00. The molecule has 0 bridgehead atoms. The average Bonchev–Trinajstić information content (AvgIpc) is 3.35. The van der Waals surface area contributed by atoms with Crippen molar-refractivity contribution >= 4 is 16.5 Å². The fraction of sp³-hybridized carbons (Fsp3) is 0.350. The molecule has 1 aromatic carbocycles. The smallest absolute Gasteiger partial charge is 0.276 e. The number of hydrogen-bond donors (Lipinski definition) is 0. The van der Waals surface area contributed by atoms with E-state index in [2.05, 4.69) is 15.2 Å². The van der Waals surface area contributed by atoms with Gasteiger partial charge in [-0.05, 0) is 44.1 Å². The second-order valence-electron chi connectivity index (χ2n) is 7.28. The van der Waals surface area contributed by atoms with Gasteiger partial charge >= 0.3 is 0 Å². The first-order chi connectivity index (χ1) is 13.7. The minimum absolute atomic E-state index is 0.0174. The number of nitrogens with zero attached hydrogens (tertiary/aromatic N) is 5. The normalized spacial score (nSPS) is 16.3. The van der Waals surface area contributed by atoms with Crippen molar-refractivity contribution < 1.29 is 8.91 Å². The van der Waals surface area contributed by atoms with Gasteiger partial charge in [0.2, 0.25) is 0 Å². The maximum atomic E-state index is 13.3. The van der Waals surface area contributed by atoms with Gasteiger partial charge in [0.05, 0.1) is 11.9 Å². The highest BCUT2D eigenvalue weighted by Crippen LogP contribution is 2.32. The van der Waals surface area contributed by atoms with E-state index in [9.17, 15) is 9.18 Å². The molecule has 4 heterocycles. The number of piperidine rings is 1. The number of rotatable bonds is 4. The van der Waals surface area contributed by atoms with E-state index in [1.54, 1.807) is 33.6 Å². The first-order valence-electron chi connectivity index (χ1n) is 9.49. The molecule has 0 radical (unpaired) electrons. The topological polar surface area (TPSA) is 68.6 Å². The number of likely N-dealkylation sites (tertiary alicyclic amines) is 1. The summed E-state index contributed by atoms with van der Waals surface area (Å²) in [6.45, 7) is 3.34. The third-order valence-corrected chi connectivity index (χ3v) is 5.63. The summed E-state index contributed by atoms with van der Waals surface area (Å²) in [5.41, 5.74) is 2.01. The molecule has 7 nitrogen and oxygen atoms in total. The van der Waals surface area contributed by atoms with Gasteiger partial charge in [-0.3, -0.25) is 4.79 Å². The van der Waals surface area contributed by atoms with Gasteiger partial charge in [-0.1, -0.05) is 5.16 Å². The minimum atomic E-state index is -0.311. The molecule has 0 spiro atoms. The standard InChI is InChI=1S/C20H20FN5O2/c21-15-1-2-16-18(13-15)28-23-19(16)14-4-7-24(8-5-14)9-10-25-11-12-26-17(20(25)27)3-6-22-26/h1-3,6,11-14H,4-5,7-10H2. The predicted octanol–water partition coefficient (Wildman–Crippen LogP) is 2.66. The largest absolute Gasteiger partial charge is 0.356 e. The Bertz CT molecular complexity index is 1190. The van der Waals surface area contributed by atoms with E-state index >= 15 is 0 Å². The van der Waals surface area contributed by atoms with E-state index in [0.717, 1.165) is 43.6 Å². The molecule has 4 aromatic rings. The fourth-order valence-electron chi connectivity index (χ4n) is 4.04. The molecule has 1 aliphatic rings. The SMILES string of the molecule is O=c1c2ccnn2ccn1CCN1CCC(c2noc3cc(F)ccc23)CC1. The molecule has 8 heteroatoms. The third kappa shape index (κ3) is 2.99. The van der Waals surface area contributed by atoms with E-state index < -0.39 is 0 Å². The van der Waals surface area contributed by atoms with Crippen molar-refractivity contribution in [3.63, 3.8) is 0 Å². The highest BCUT2D eigenvalue weighted by atomic mass is 19.1. The summed E-state index contributed by atoms with van der Waals surface area (Å²) in [6, 6.07) is 6.32. The maximum Gasteiger partial charge on any atom is 0.276 e. The zero-order chi connectivity index (χ0) is 19.1. The summed E-state index contributed by atoms with van der Waals surface area (Å²) >= 11 is 0. The van der Waals surface area contributed by atoms with Crippen LogP contribution in [0.25, 0.3) is 16.5 Å². The van der Waals surface area contributed by atoms with Crippen LogP contribution >= 0.6 is 0 Å². The van der Waals surface area contributed by atoms with Crippen LogP contribution in [-0.4, -0.2) is 43.9 Å². The summed E-state index contributed by atoms with van der Waals surface area (Å²) in [5, 5.41) is 9.19. The molecule has 1 aliphatic heterocycles. The van der Waals surface area contributed by atoms with Crippen molar-refractivity contribution in [1.82, 2.24) is 24.2 Å². The Morgan fingerprint density at radius 1 is 1.14 bits per heavy atom. The molecule has 0 aliphatic carbocycles. The molecule has 0 unspecified atom stereocenters. The van der Waals surface area contributed by atoms with E-state index in [1.165, 1.54) is 12.1 Å². The van der Waals surface area contributed by atoms with Gasteiger partial charge in [0, 0.05) is 42.9 Å².